The number of carbonyl (C=O) groups excluding carboxylic acids is 1. The second kappa shape index (κ2) is 6.32. The number of halogens is 1. The number of fused-ring (bicyclic) bond motifs is 1. The van der Waals surface area contributed by atoms with Crippen LogP contribution in [-0.2, 0) is 13.6 Å². The van der Waals surface area contributed by atoms with Crippen LogP contribution in [0.3, 0.4) is 0 Å². The van der Waals surface area contributed by atoms with Gasteiger partial charge in [-0.25, -0.2) is 4.57 Å². The lowest BCUT2D eigenvalue weighted by atomic mass is 10.1. The molecule has 7 heteroatoms. The predicted octanol–water partition coefficient (Wildman–Crippen LogP) is 4.89. The fourth-order valence-electron chi connectivity index (χ4n) is 2.24. The quantitative estimate of drug-likeness (QED) is 0.561. The van der Waals surface area contributed by atoms with E-state index in [0.717, 1.165) is 0 Å². The summed E-state index contributed by atoms with van der Waals surface area (Å²) in [5.74, 6) is 0.0519. The van der Waals surface area contributed by atoms with Crippen molar-refractivity contribution in [2.75, 3.05) is 6.61 Å². The Bertz CT molecular complexity index is 623. The molecular formula is C15H20ClO5P. The minimum Gasteiger partial charge on any atom is -0.403 e. The molecule has 1 aliphatic carbocycles. The van der Waals surface area contributed by atoms with Crippen molar-refractivity contribution in [2.24, 2.45) is 0 Å². The molecule has 0 saturated heterocycles. The maximum Gasteiger partial charge on any atom is 0.530 e. The van der Waals surface area contributed by atoms with Crippen LogP contribution in [0.1, 0.15) is 55.4 Å². The van der Waals surface area contributed by atoms with Gasteiger partial charge in [0.2, 0.25) is 0 Å². The minimum absolute atomic E-state index is 0.135. The molecular weight excluding hydrogens is 327 g/mol. The number of rotatable bonds is 5. The number of benzene rings is 1. The summed E-state index contributed by atoms with van der Waals surface area (Å²) in [6, 6.07) is 5.04. The molecule has 0 radical (unpaired) electrons. The van der Waals surface area contributed by atoms with Gasteiger partial charge >= 0.3 is 7.82 Å². The molecule has 0 bridgehead atoms. The second-order valence-electron chi connectivity index (χ2n) is 5.98. The van der Waals surface area contributed by atoms with Crippen molar-refractivity contribution in [2.45, 2.75) is 45.1 Å². The number of ketones is 1. The van der Waals surface area contributed by atoms with E-state index >= 15 is 0 Å². The summed E-state index contributed by atoms with van der Waals surface area (Å²) >= 11 is 6.14. The van der Waals surface area contributed by atoms with Crippen LogP contribution in [0.25, 0.3) is 0 Å². The Morgan fingerprint density at radius 1 is 1.36 bits per heavy atom. The summed E-state index contributed by atoms with van der Waals surface area (Å²) in [5.41, 5.74) is 0.324. The van der Waals surface area contributed by atoms with Gasteiger partial charge in [-0.15, -0.1) is 11.6 Å². The molecule has 1 aliphatic rings. The van der Waals surface area contributed by atoms with Gasteiger partial charge in [-0.2, -0.15) is 0 Å². The summed E-state index contributed by atoms with van der Waals surface area (Å²) < 4.78 is 28.9. The number of phosphoric acid groups is 1. The Balaban J connectivity index is 2.37. The third-order valence-electron chi connectivity index (χ3n) is 2.92. The average Bonchev–Trinajstić information content (AvgIpc) is 2.63. The van der Waals surface area contributed by atoms with Crippen molar-refractivity contribution in [1.82, 2.24) is 0 Å². The predicted molar refractivity (Wildman–Crippen MR) is 84.7 cm³/mol. The standard InChI is InChI=1S/C15H20ClO5P/c1-5-19-22(18,21-15(2,3)4)20-13-8-6-7-10-11(16)9-12(17)14(10)13/h6-8,11H,5,9H2,1-4H3. The van der Waals surface area contributed by atoms with Crippen molar-refractivity contribution in [1.29, 1.82) is 0 Å². The molecule has 22 heavy (non-hydrogen) atoms. The van der Waals surface area contributed by atoms with Gasteiger partial charge in [-0.05, 0) is 39.3 Å². The van der Waals surface area contributed by atoms with E-state index < -0.39 is 13.4 Å². The second-order valence-corrected chi connectivity index (χ2v) is 8.02. The fourth-order valence-corrected chi connectivity index (χ4v) is 4.09. The van der Waals surface area contributed by atoms with Gasteiger partial charge in [0.15, 0.2) is 5.78 Å². The summed E-state index contributed by atoms with van der Waals surface area (Å²) in [6.07, 6.45) is 0.205. The Morgan fingerprint density at radius 2 is 2.05 bits per heavy atom. The first-order valence-electron chi connectivity index (χ1n) is 7.10. The van der Waals surface area contributed by atoms with Crippen molar-refractivity contribution in [3.63, 3.8) is 0 Å². The normalized spacial score (nSPS) is 20.6. The number of alkyl halides is 1. The van der Waals surface area contributed by atoms with Gasteiger partial charge in [-0.3, -0.25) is 13.8 Å². The SMILES string of the molecule is CCOP(=O)(Oc1cccc2c1C(=O)CC2Cl)OC(C)(C)C. The number of Topliss-reactive ketones (excluding diaryl/α,β-unsaturated/α-hetero) is 1. The average molecular weight is 347 g/mol. The van der Waals surface area contributed by atoms with Crippen molar-refractivity contribution in [3.8, 4) is 5.75 Å². The summed E-state index contributed by atoms with van der Waals surface area (Å²) in [5, 5.41) is -0.388. The molecule has 0 fully saturated rings. The fraction of sp³-hybridized carbons (Fsp3) is 0.533. The van der Waals surface area contributed by atoms with Gasteiger partial charge in [0.1, 0.15) is 5.75 Å². The first-order valence-corrected chi connectivity index (χ1v) is 9.00. The van der Waals surface area contributed by atoms with E-state index in [1.165, 1.54) is 0 Å². The van der Waals surface area contributed by atoms with Gasteiger partial charge in [-0.1, -0.05) is 12.1 Å². The molecule has 0 saturated carbocycles. The van der Waals surface area contributed by atoms with Crippen LogP contribution in [0.2, 0.25) is 0 Å². The molecule has 1 aromatic rings. The Hall–Kier alpha value is -0.870. The van der Waals surface area contributed by atoms with Crippen LogP contribution in [0.15, 0.2) is 18.2 Å². The van der Waals surface area contributed by atoms with Crippen LogP contribution in [0, 0.1) is 0 Å². The Kier molecular flexibility index (Phi) is 5.03. The summed E-state index contributed by atoms with van der Waals surface area (Å²) in [6.45, 7) is 7.10. The van der Waals surface area contributed by atoms with Crippen LogP contribution < -0.4 is 4.52 Å². The summed E-state index contributed by atoms with van der Waals surface area (Å²) in [7, 11) is -3.84. The molecule has 0 heterocycles. The van der Waals surface area contributed by atoms with Gasteiger partial charge in [0.25, 0.3) is 0 Å². The number of phosphoric ester groups is 1. The zero-order valence-electron chi connectivity index (χ0n) is 13.1. The zero-order valence-corrected chi connectivity index (χ0v) is 14.7. The molecule has 122 valence electrons. The number of hydrogen-bond acceptors (Lipinski definition) is 5. The van der Waals surface area contributed by atoms with Crippen molar-refractivity contribution in [3.05, 3.63) is 29.3 Å². The van der Waals surface area contributed by atoms with Gasteiger partial charge < -0.3 is 4.52 Å². The Labute approximate surface area is 135 Å². The van der Waals surface area contributed by atoms with Crippen molar-refractivity contribution < 1.29 is 22.9 Å². The van der Waals surface area contributed by atoms with E-state index in [-0.39, 0.29) is 29.9 Å². The van der Waals surface area contributed by atoms with Crippen LogP contribution >= 0.6 is 19.4 Å². The molecule has 2 atom stereocenters. The van der Waals surface area contributed by atoms with E-state index in [2.05, 4.69) is 0 Å². The van der Waals surface area contributed by atoms with E-state index in [0.29, 0.717) is 11.1 Å². The molecule has 0 amide bonds. The topological polar surface area (TPSA) is 61.8 Å². The monoisotopic (exact) mass is 346 g/mol. The highest BCUT2D eigenvalue weighted by atomic mass is 35.5. The van der Waals surface area contributed by atoms with Crippen LogP contribution in [-0.4, -0.2) is 18.0 Å². The lowest BCUT2D eigenvalue weighted by molar-refractivity contribution is 0.0678. The highest BCUT2D eigenvalue weighted by Gasteiger charge is 2.37. The van der Waals surface area contributed by atoms with E-state index in [9.17, 15) is 9.36 Å². The van der Waals surface area contributed by atoms with E-state index in [1.54, 1.807) is 45.9 Å². The maximum absolute atomic E-state index is 12.8. The highest BCUT2D eigenvalue weighted by Crippen LogP contribution is 2.54. The lowest BCUT2D eigenvalue weighted by Crippen LogP contribution is -2.20. The first-order chi connectivity index (χ1) is 10.2. The molecule has 2 unspecified atom stereocenters. The third-order valence-corrected chi connectivity index (χ3v) is 5.08. The minimum atomic E-state index is -3.84. The van der Waals surface area contributed by atoms with Crippen LogP contribution in [0.5, 0.6) is 5.75 Å². The van der Waals surface area contributed by atoms with Crippen LogP contribution in [0.4, 0.5) is 0 Å². The highest BCUT2D eigenvalue weighted by molar-refractivity contribution is 7.49. The molecule has 5 nitrogen and oxygen atoms in total. The lowest BCUT2D eigenvalue weighted by Gasteiger charge is -2.26. The molecule has 1 aromatic carbocycles. The van der Waals surface area contributed by atoms with E-state index in [4.69, 9.17) is 25.2 Å². The maximum atomic E-state index is 12.8. The Morgan fingerprint density at radius 3 is 2.64 bits per heavy atom. The number of hydrogen-bond donors (Lipinski definition) is 0. The molecule has 0 N–H and O–H groups in total. The van der Waals surface area contributed by atoms with Gasteiger partial charge in [0.05, 0.1) is 23.1 Å². The molecule has 2 rings (SSSR count). The third kappa shape index (κ3) is 3.90. The molecule has 0 spiro atoms. The zero-order chi connectivity index (χ0) is 16.5. The number of carbonyl (C=O) groups is 1. The van der Waals surface area contributed by atoms with Gasteiger partial charge in [0, 0.05) is 6.42 Å². The molecule has 0 aliphatic heterocycles. The summed E-state index contributed by atoms with van der Waals surface area (Å²) in [4.78, 5) is 12.1. The van der Waals surface area contributed by atoms with E-state index in [1.807, 2.05) is 0 Å². The first kappa shape index (κ1) is 17.5. The molecule has 0 aromatic heterocycles. The largest absolute Gasteiger partial charge is 0.530 e. The van der Waals surface area contributed by atoms with Crippen molar-refractivity contribution >= 4 is 25.2 Å². The smallest absolute Gasteiger partial charge is 0.403 e.